The van der Waals surface area contributed by atoms with E-state index in [0.29, 0.717) is 0 Å². The molecule has 1 aliphatic rings. The third-order valence-corrected chi connectivity index (χ3v) is 2.86. The van der Waals surface area contributed by atoms with Crippen molar-refractivity contribution in [2.45, 2.75) is 13.0 Å². The van der Waals surface area contributed by atoms with Gasteiger partial charge in [0.1, 0.15) is 5.75 Å². The number of para-hydroxylation sites is 3. The van der Waals surface area contributed by atoms with Crippen molar-refractivity contribution in [1.29, 1.82) is 0 Å². The quantitative estimate of drug-likeness (QED) is 0.712. The van der Waals surface area contributed by atoms with Crippen molar-refractivity contribution in [2.75, 3.05) is 5.32 Å². The van der Waals surface area contributed by atoms with E-state index in [0.717, 1.165) is 17.2 Å². The van der Waals surface area contributed by atoms with Gasteiger partial charge >= 0.3 is 0 Å². The summed E-state index contributed by atoms with van der Waals surface area (Å²) < 4.78 is 5.91. The standard InChI is InChI=1S/C14H13NO/c1-10-11-6-2-4-8-13(11)16-14-9-5-3-7-12(14)15-10/h2-10,15H,1H3/t10-/m0/s1. The maximum atomic E-state index is 5.91. The molecule has 0 spiro atoms. The first-order chi connectivity index (χ1) is 7.84. The monoisotopic (exact) mass is 211 g/mol. The van der Waals surface area contributed by atoms with E-state index >= 15 is 0 Å². The highest BCUT2D eigenvalue weighted by atomic mass is 16.5. The van der Waals surface area contributed by atoms with Crippen molar-refractivity contribution in [3.63, 3.8) is 0 Å². The molecule has 0 fully saturated rings. The average molecular weight is 211 g/mol. The van der Waals surface area contributed by atoms with Crippen LogP contribution >= 0.6 is 0 Å². The molecule has 0 amide bonds. The fourth-order valence-corrected chi connectivity index (χ4v) is 2.04. The summed E-state index contributed by atoms with van der Waals surface area (Å²) in [5.74, 6) is 1.83. The lowest BCUT2D eigenvalue weighted by Crippen LogP contribution is -2.04. The molecule has 0 aromatic heterocycles. The van der Waals surface area contributed by atoms with Gasteiger partial charge < -0.3 is 10.1 Å². The second-order valence-corrected chi connectivity index (χ2v) is 4.00. The van der Waals surface area contributed by atoms with Gasteiger partial charge in [0.2, 0.25) is 0 Å². The van der Waals surface area contributed by atoms with Crippen LogP contribution in [0.1, 0.15) is 18.5 Å². The Bertz CT molecular complexity index is 522. The minimum absolute atomic E-state index is 0.264. The molecule has 2 heteroatoms. The lowest BCUT2D eigenvalue weighted by Gasteiger charge is -2.12. The predicted octanol–water partition coefficient (Wildman–Crippen LogP) is 3.97. The van der Waals surface area contributed by atoms with Gasteiger partial charge in [-0.25, -0.2) is 0 Å². The van der Waals surface area contributed by atoms with Crippen LogP contribution in [0.5, 0.6) is 11.5 Å². The third-order valence-electron chi connectivity index (χ3n) is 2.86. The minimum Gasteiger partial charge on any atom is -0.455 e. The highest BCUT2D eigenvalue weighted by molar-refractivity contribution is 5.61. The SMILES string of the molecule is C[C@@H]1Nc2ccccc2Oc2ccccc21. The van der Waals surface area contributed by atoms with Gasteiger partial charge in [-0.15, -0.1) is 0 Å². The van der Waals surface area contributed by atoms with Crippen molar-refractivity contribution in [1.82, 2.24) is 0 Å². The molecule has 2 nitrogen and oxygen atoms in total. The van der Waals surface area contributed by atoms with E-state index < -0.39 is 0 Å². The summed E-state index contributed by atoms with van der Waals surface area (Å²) in [6.07, 6.45) is 0. The Morgan fingerprint density at radius 2 is 1.62 bits per heavy atom. The average Bonchev–Trinajstić information content (AvgIpc) is 2.45. The molecule has 1 heterocycles. The summed E-state index contributed by atoms with van der Waals surface area (Å²) >= 11 is 0. The number of hydrogen-bond donors (Lipinski definition) is 1. The summed E-state index contributed by atoms with van der Waals surface area (Å²) in [5, 5.41) is 3.45. The molecule has 0 radical (unpaired) electrons. The molecule has 2 aromatic rings. The smallest absolute Gasteiger partial charge is 0.150 e. The predicted molar refractivity (Wildman–Crippen MR) is 65.0 cm³/mol. The van der Waals surface area contributed by atoms with Crippen LogP contribution in [0.15, 0.2) is 48.5 Å². The molecule has 0 bridgehead atoms. The molecule has 1 atom stereocenters. The second-order valence-electron chi connectivity index (χ2n) is 4.00. The normalized spacial score (nSPS) is 17.4. The second kappa shape index (κ2) is 3.56. The maximum absolute atomic E-state index is 5.91. The van der Waals surface area contributed by atoms with Crippen LogP contribution in [-0.2, 0) is 0 Å². The number of nitrogens with one attached hydrogen (secondary N) is 1. The summed E-state index contributed by atoms with van der Waals surface area (Å²) in [5.41, 5.74) is 2.24. The molecule has 0 aliphatic carbocycles. The molecule has 0 saturated carbocycles. The summed E-state index contributed by atoms with van der Waals surface area (Å²) in [6.45, 7) is 2.14. The lowest BCUT2D eigenvalue weighted by molar-refractivity contribution is 0.482. The van der Waals surface area contributed by atoms with Crippen molar-refractivity contribution in [3.05, 3.63) is 54.1 Å². The van der Waals surface area contributed by atoms with Crippen LogP contribution in [0.25, 0.3) is 0 Å². The van der Waals surface area contributed by atoms with Gasteiger partial charge in [-0.1, -0.05) is 30.3 Å². The highest BCUT2D eigenvalue weighted by Crippen LogP contribution is 2.39. The van der Waals surface area contributed by atoms with Gasteiger partial charge in [0.05, 0.1) is 11.7 Å². The Hall–Kier alpha value is -1.96. The number of benzene rings is 2. The van der Waals surface area contributed by atoms with Crippen LogP contribution in [0.4, 0.5) is 5.69 Å². The Labute approximate surface area is 94.9 Å². The van der Waals surface area contributed by atoms with E-state index in [9.17, 15) is 0 Å². The summed E-state index contributed by atoms with van der Waals surface area (Å²) in [7, 11) is 0. The zero-order chi connectivity index (χ0) is 11.0. The zero-order valence-corrected chi connectivity index (χ0v) is 9.10. The molecular formula is C14H13NO. The van der Waals surface area contributed by atoms with E-state index in [1.54, 1.807) is 0 Å². The molecule has 0 unspecified atom stereocenters. The summed E-state index contributed by atoms with van der Waals surface area (Å²) in [4.78, 5) is 0. The molecule has 0 saturated heterocycles. The van der Waals surface area contributed by atoms with Gasteiger partial charge in [-0.3, -0.25) is 0 Å². The van der Waals surface area contributed by atoms with Gasteiger partial charge in [0.15, 0.2) is 5.75 Å². The molecule has 1 N–H and O–H groups in total. The molecule has 1 aliphatic heterocycles. The molecule has 80 valence electrons. The van der Waals surface area contributed by atoms with E-state index in [4.69, 9.17) is 4.74 Å². The van der Waals surface area contributed by atoms with E-state index in [2.05, 4.69) is 18.3 Å². The molecular weight excluding hydrogens is 198 g/mol. The highest BCUT2D eigenvalue weighted by Gasteiger charge is 2.18. The molecule has 16 heavy (non-hydrogen) atoms. The first-order valence-corrected chi connectivity index (χ1v) is 5.47. The molecule has 3 rings (SSSR count). The van der Waals surface area contributed by atoms with E-state index in [-0.39, 0.29) is 6.04 Å². The van der Waals surface area contributed by atoms with Gasteiger partial charge in [0.25, 0.3) is 0 Å². The fraction of sp³-hybridized carbons (Fsp3) is 0.143. The van der Waals surface area contributed by atoms with Gasteiger partial charge in [-0.05, 0) is 25.1 Å². The van der Waals surface area contributed by atoms with Gasteiger partial charge in [0, 0.05) is 5.56 Å². The van der Waals surface area contributed by atoms with Crippen molar-refractivity contribution >= 4 is 5.69 Å². The third kappa shape index (κ3) is 1.43. The van der Waals surface area contributed by atoms with Crippen molar-refractivity contribution < 1.29 is 4.74 Å². The van der Waals surface area contributed by atoms with Crippen LogP contribution < -0.4 is 10.1 Å². The first kappa shape index (κ1) is 9.28. The molecule has 2 aromatic carbocycles. The van der Waals surface area contributed by atoms with Crippen LogP contribution in [-0.4, -0.2) is 0 Å². The Kier molecular flexibility index (Phi) is 2.07. The van der Waals surface area contributed by atoms with Crippen LogP contribution in [0.2, 0.25) is 0 Å². The maximum Gasteiger partial charge on any atom is 0.150 e. The van der Waals surface area contributed by atoms with Crippen molar-refractivity contribution in [3.8, 4) is 11.5 Å². The minimum atomic E-state index is 0.264. The van der Waals surface area contributed by atoms with E-state index in [1.165, 1.54) is 5.56 Å². The first-order valence-electron chi connectivity index (χ1n) is 5.47. The Morgan fingerprint density at radius 1 is 0.938 bits per heavy atom. The number of fused-ring (bicyclic) bond motifs is 2. The van der Waals surface area contributed by atoms with Crippen LogP contribution in [0.3, 0.4) is 0 Å². The number of anilines is 1. The Morgan fingerprint density at radius 3 is 2.50 bits per heavy atom. The van der Waals surface area contributed by atoms with E-state index in [1.807, 2.05) is 42.5 Å². The van der Waals surface area contributed by atoms with Gasteiger partial charge in [-0.2, -0.15) is 0 Å². The van der Waals surface area contributed by atoms with Crippen molar-refractivity contribution in [2.24, 2.45) is 0 Å². The zero-order valence-electron chi connectivity index (χ0n) is 9.10. The lowest BCUT2D eigenvalue weighted by atomic mass is 10.1. The number of ether oxygens (including phenoxy) is 1. The number of rotatable bonds is 0. The topological polar surface area (TPSA) is 21.3 Å². The fourth-order valence-electron chi connectivity index (χ4n) is 2.04. The number of hydrogen-bond acceptors (Lipinski definition) is 2. The van der Waals surface area contributed by atoms with Crippen LogP contribution in [0, 0.1) is 0 Å². The Balaban J connectivity index is 2.15. The largest absolute Gasteiger partial charge is 0.455 e. The summed E-state index contributed by atoms with van der Waals surface area (Å²) in [6, 6.07) is 16.4.